The first-order valence-electron chi connectivity index (χ1n) is 9.22. The average Bonchev–Trinajstić information content (AvgIpc) is 3.45. The standard InChI is InChI=1S/C22H16Cl2N4O2S/c23-17-4-1-3-15(20(17)24)13-28-19(10-11-25-28)27-21(29)14-6-8-16(9-7-14)26-22(30)18-5-2-12-31-18/h1-12H,13H2,(H,26,30)(H,27,29). The molecule has 31 heavy (non-hydrogen) atoms. The number of nitrogens with one attached hydrogen (secondary N) is 2. The summed E-state index contributed by atoms with van der Waals surface area (Å²) in [5.74, 6) is 0.0435. The molecule has 0 spiro atoms. The van der Waals surface area contributed by atoms with Crippen LogP contribution >= 0.6 is 34.5 Å². The van der Waals surface area contributed by atoms with Crippen molar-refractivity contribution in [3.05, 3.63) is 98.3 Å². The number of carbonyl (C=O) groups excluding carboxylic acids is 2. The lowest BCUT2D eigenvalue weighted by Gasteiger charge is -2.11. The van der Waals surface area contributed by atoms with Gasteiger partial charge in [0.1, 0.15) is 5.82 Å². The minimum absolute atomic E-state index is 0.184. The smallest absolute Gasteiger partial charge is 0.265 e. The Morgan fingerprint density at radius 2 is 1.74 bits per heavy atom. The van der Waals surface area contributed by atoms with E-state index >= 15 is 0 Å². The van der Waals surface area contributed by atoms with E-state index < -0.39 is 0 Å². The summed E-state index contributed by atoms with van der Waals surface area (Å²) in [5.41, 5.74) is 1.84. The van der Waals surface area contributed by atoms with E-state index in [0.29, 0.717) is 38.5 Å². The highest BCUT2D eigenvalue weighted by molar-refractivity contribution is 7.12. The van der Waals surface area contributed by atoms with Gasteiger partial charge in [-0.2, -0.15) is 5.10 Å². The maximum Gasteiger partial charge on any atom is 0.265 e. The van der Waals surface area contributed by atoms with E-state index in [2.05, 4.69) is 15.7 Å². The fraction of sp³-hybridized carbons (Fsp3) is 0.0455. The van der Waals surface area contributed by atoms with E-state index in [4.69, 9.17) is 23.2 Å². The Labute approximate surface area is 192 Å². The zero-order chi connectivity index (χ0) is 21.8. The van der Waals surface area contributed by atoms with Gasteiger partial charge in [-0.1, -0.05) is 41.4 Å². The summed E-state index contributed by atoms with van der Waals surface area (Å²) in [5, 5.41) is 12.7. The molecule has 2 amide bonds. The molecule has 156 valence electrons. The molecule has 0 saturated carbocycles. The monoisotopic (exact) mass is 470 g/mol. The van der Waals surface area contributed by atoms with Gasteiger partial charge in [-0.15, -0.1) is 11.3 Å². The summed E-state index contributed by atoms with van der Waals surface area (Å²) < 4.78 is 1.63. The molecule has 0 fully saturated rings. The fourth-order valence-corrected chi connectivity index (χ4v) is 3.89. The largest absolute Gasteiger partial charge is 0.321 e. The second-order valence-corrected chi connectivity index (χ2v) is 8.28. The third-order valence-electron chi connectivity index (χ3n) is 4.46. The average molecular weight is 471 g/mol. The Morgan fingerprint density at radius 3 is 2.48 bits per heavy atom. The van der Waals surface area contributed by atoms with Crippen molar-refractivity contribution in [1.29, 1.82) is 0 Å². The first kappa shape index (κ1) is 21.1. The minimum Gasteiger partial charge on any atom is -0.321 e. The summed E-state index contributed by atoms with van der Waals surface area (Å²) in [4.78, 5) is 25.4. The SMILES string of the molecule is O=C(Nc1ccnn1Cc1cccc(Cl)c1Cl)c1ccc(NC(=O)c2cccs2)cc1. The molecular weight excluding hydrogens is 455 g/mol. The summed E-state index contributed by atoms with van der Waals surface area (Å²) in [7, 11) is 0. The van der Waals surface area contributed by atoms with Crippen molar-refractivity contribution in [3.63, 3.8) is 0 Å². The van der Waals surface area contributed by atoms with Crippen molar-refractivity contribution in [1.82, 2.24) is 9.78 Å². The number of carbonyl (C=O) groups is 2. The van der Waals surface area contributed by atoms with Gasteiger partial charge in [0.05, 0.1) is 27.7 Å². The number of hydrogen-bond acceptors (Lipinski definition) is 4. The van der Waals surface area contributed by atoms with Crippen LogP contribution in [0.5, 0.6) is 0 Å². The highest BCUT2D eigenvalue weighted by atomic mass is 35.5. The summed E-state index contributed by atoms with van der Waals surface area (Å²) in [6.07, 6.45) is 1.59. The van der Waals surface area contributed by atoms with Crippen molar-refractivity contribution >= 4 is 57.9 Å². The van der Waals surface area contributed by atoms with E-state index in [9.17, 15) is 9.59 Å². The lowest BCUT2D eigenvalue weighted by molar-refractivity contribution is 0.102. The number of anilines is 2. The molecule has 0 bridgehead atoms. The second kappa shape index (κ2) is 9.34. The normalized spacial score (nSPS) is 10.6. The summed E-state index contributed by atoms with van der Waals surface area (Å²) in [6, 6.07) is 17.3. The number of nitrogens with zero attached hydrogens (tertiary/aromatic N) is 2. The van der Waals surface area contributed by atoms with Crippen LogP contribution in [-0.4, -0.2) is 21.6 Å². The highest BCUT2D eigenvalue weighted by Gasteiger charge is 2.13. The molecular formula is C22H16Cl2N4O2S. The number of aromatic nitrogens is 2. The van der Waals surface area contributed by atoms with Crippen LogP contribution in [0.2, 0.25) is 10.0 Å². The first-order valence-corrected chi connectivity index (χ1v) is 10.9. The van der Waals surface area contributed by atoms with Gasteiger partial charge < -0.3 is 10.6 Å². The maximum atomic E-state index is 12.7. The van der Waals surface area contributed by atoms with Gasteiger partial charge in [0, 0.05) is 17.3 Å². The van der Waals surface area contributed by atoms with E-state index in [1.54, 1.807) is 53.3 Å². The second-order valence-electron chi connectivity index (χ2n) is 6.55. The van der Waals surface area contributed by atoms with Crippen LogP contribution in [0.25, 0.3) is 0 Å². The topological polar surface area (TPSA) is 76.0 Å². The van der Waals surface area contributed by atoms with E-state index in [1.165, 1.54) is 11.3 Å². The molecule has 2 aromatic heterocycles. The number of halogens is 2. The Balaban J connectivity index is 1.43. The van der Waals surface area contributed by atoms with Gasteiger partial charge in [-0.25, -0.2) is 4.68 Å². The third-order valence-corrected chi connectivity index (χ3v) is 6.19. The predicted molar refractivity (Wildman–Crippen MR) is 124 cm³/mol. The van der Waals surface area contributed by atoms with Crippen molar-refractivity contribution in [2.75, 3.05) is 10.6 Å². The molecule has 0 radical (unpaired) electrons. The Morgan fingerprint density at radius 1 is 0.935 bits per heavy atom. The van der Waals surface area contributed by atoms with Crippen molar-refractivity contribution in [3.8, 4) is 0 Å². The molecule has 2 aromatic carbocycles. The molecule has 4 aromatic rings. The van der Waals surface area contributed by atoms with Crippen LogP contribution in [0.1, 0.15) is 25.6 Å². The van der Waals surface area contributed by atoms with Crippen molar-refractivity contribution in [2.45, 2.75) is 6.54 Å². The zero-order valence-electron chi connectivity index (χ0n) is 16.0. The third kappa shape index (κ3) is 4.96. The van der Waals surface area contributed by atoms with Crippen LogP contribution in [0, 0.1) is 0 Å². The number of rotatable bonds is 6. The van der Waals surface area contributed by atoms with Gasteiger partial charge in [0.25, 0.3) is 11.8 Å². The Hall–Kier alpha value is -3.13. The molecule has 0 unspecified atom stereocenters. The van der Waals surface area contributed by atoms with Gasteiger partial charge in [0.2, 0.25) is 0 Å². The summed E-state index contributed by atoms with van der Waals surface area (Å²) >= 11 is 13.7. The number of hydrogen-bond donors (Lipinski definition) is 2. The molecule has 2 heterocycles. The van der Waals surface area contributed by atoms with Gasteiger partial charge in [-0.05, 0) is 47.3 Å². The molecule has 6 nitrogen and oxygen atoms in total. The minimum atomic E-state index is -0.296. The van der Waals surface area contributed by atoms with Gasteiger partial charge >= 0.3 is 0 Å². The van der Waals surface area contributed by atoms with Crippen LogP contribution < -0.4 is 10.6 Å². The Kier molecular flexibility index (Phi) is 6.36. The van der Waals surface area contributed by atoms with Crippen LogP contribution in [0.15, 0.2) is 72.2 Å². The molecule has 0 aliphatic rings. The highest BCUT2D eigenvalue weighted by Crippen LogP contribution is 2.26. The predicted octanol–water partition coefficient (Wildman–Crippen LogP) is 5.80. The quantitative estimate of drug-likeness (QED) is 0.373. The molecule has 9 heteroatoms. The van der Waals surface area contributed by atoms with Crippen LogP contribution in [-0.2, 0) is 6.54 Å². The number of amides is 2. The molecule has 0 saturated heterocycles. The zero-order valence-corrected chi connectivity index (χ0v) is 18.3. The molecule has 4 rings (SSSR count). The van der Waals surface area contributed by atoms with Gasteiger partial charge in [-0.3, -0.25) is 9.59 Å². The lowest BCUT2D eigenvalue weighted by atomic mass is 10.2. The van der Waals surface area contributed by atoms with Gasteiger partial charge in [0.15, 0.2) is 0 Å². The fourth-order valence-electron chi connectivity index (χ4n) is 2.89. The van der Waals surface area contributed by atoms with Crippen molar-refractivity contribution in [2.24, 2.45) is 0 Å². The van der Waals surface area contributed by atoms with E-state index in [0.717, 1.165) is 5.56 Å². The molecule has 0 aliphatic carbocycles. The first-order chi connectivity index (χ1) is 15.0. The van der Waals surface area contributed by atoms with Crippen LogP contribution in [0.4, 0.5) is 11.5 Å². The molecule has 0 aliphatic heterocycles. The van der Waals surface area contributed by atoms with Crippen molar-refractivity contribution < 1.29 is 9.59 Å². The maximum absolute atomic E-state index is 12.7. The van der Waals surface area contributed by atoms with Crippen LogP contribution in [0.3, 0.4) is 0 Å². The molecule has 0 atom stereocenters. The van der Waals surface area contributed by atoms with E-state index in [1.807, 2.05) is 23.6 Å². The Bertz CT molecular complexity index is 1220. The summed E-state index contributed by atoms with van der Waals surface area (Å²) in [6.45, 7) is 0.357. The molecule has 2 N–H and O–H groups in total. The van der Waals surface area contributed by atoms with E-state index in [-0.39, 0.29) is 11.8 Å². The lowest BCUT2D eigenvalue weighted by Crippen LogP contribution is -2.16. The number of thiophene rings is 1. The number of benzene rings is 2.